The number of hydrogen-bond acceptors (Lipinski definition) is 6. The van der Waals surface area contributed by atoms with E-state index in [1.807, 2.05) is 26.0 Å². The molecule has 0 radical (unpaired) electrons. The number of methoxy groups -OCH3 is 1. The monoisotopic (exact) mass is 338 g/mol. The van der Waals surface area contributed by atoms with Crippen LogP contribution in [-0.4, -0.2) is 7.11 Å². The number of aryl methyl sites for hydroxylation is 1. The summed E-state index contributed by atoms with van der Waals surface area (Å²) in [6.45, 7) is 5.50. The fourth-order valence-electron chi connectivity index (χ4n) is 3.18. The Bertz CT molecular complexity index is 996. The van der Waals surface area contributed by atoms with Crippen LogP contribution in [0.15, 0.2) is 38.9 Å². The second-order valence-electron chi connectivity index (χ2n) is 5.95. The van der Waals surface area contributed by atoms with Gasteiger partial charge in [0, 0.05) is 6.07 Å². The van der Waals surface area contributed by atoms with Crippen LogP contribution in [0.2, 0.25) is 0 Å². The first-order valence-electron chi connectivity index (χ1n) is 7.75. The lowest BCUT2D eigenvalue weighted by atomic mass is 9.81. The second-order valence-corrected chi connectivity index (χ2v) is 5.95. The number of nitrogens with zero attached hydrogens (tertiary/aromatic N) is 1. The minimum absolute atomic E-state index is 0.00197. The van der Waals surface area contributed by atoms with Crippen LogP contribution in [0.25, 0.3) is 0 Å². The Labute approximate surface area is 145 Å². The van der Waals surface area contributed by atoms with Crippen molar-refractivity contribution in [3.8, 4) is 17.6 Å². The van der Waals surface area contributed by atoms with Crippen LogP contribution in [0, 0.1) is 32.1 Å². The van der Waals surface area contributed by atoms with Gasteiger partial charge in [-0.05, 0) is 43.5 Å². The molecule has 0 amide bonds. The maximum Gasteiger partial charge on any atom is 0.343 e. The summed E-state index contributed by atoms with van der Waals surface area (Å²) in [5.74, 6) is 0.828. The van der Waals surface area contributed by atoms with Crippen molar-refractivity contribution in [2.24, 2.45) is 5.73 Å². The van der Waals surface area contributed by atoms with Crippen molar-refractivity contribution in [3.05, 3.63) is 68.1 Å². The first-order chi connectivity index (χ1) is 11.9. The molecule has 0 unspecified atom stereocenters. The summed E-state index contributed by atoms with van der Waals surface area (Å²) in [4.78, 5) is 12.5. The molecule has 1 aliphatic heterocycles. The van der Waals surface area contributed by atoms with Crippen molar-refractivity contribution in [3.63, 3.8) is 0 Å². The molecule has 1 aromatic carbocycles. The number of rotatable bonds is 2. The summed E-state index contributed by atoms with van der Waals surface area (Å²) in [5, 5.41) is 9.60. The topological polar surface area (TPSA) is 98.5 Å². The van der Waals surface area contributed by atoms with Gasteiger partial charge in [0.1, 0.15) is 28.9 Å². The van der Waals surface area contributed by atoms with Gasteiger partial charge in [-0.1, -0.05) is 6.07 Å². The average Bonchev–Trinajstić information content (AvgIpc) is 2.56. The van der Waals surface area contributed by atoms with E-state index in [0.717, 1.165) is 22.4 Å². The maximum atomic E-state index is 12.5. The first-order valence-corrected chi connectivity index (χ1v) is 7.75. The van der Waals surface area contributed by atoms with Gasteiger partial charge < -0.3 is 19.6 Å². The number of nitrogens with two attached hydrogens (primary N) is 1. The third kappa shape index (κ3) is 2.54. The summed E-state index contributed by atoms with van der Waals surface area (Å²) in [6.07, 6.45) is 0. The highest BCUT2D eigenvalue weighted by atomic mass is 16.5. The highest BCUT2D eigenvalue weighted by molar-refractivity contribution is 5.58. The van der Waals surface area contributed by atoms with Crippen LogP contribution >= 0.6 is 0 Å². The zero-order chi connectivity index (χ0) is 18.3. The normalized spacial score (nSPS) is 16.0. The number of fused-ring (bicyclic) bond motifs is 1. The average molecular weight is 338 g/mol. The Morgan fingerprint density at radius 1 is 1.24 bits per heavy atom. The molecular formula is C19H18N2O4. The minimum Gasteiger partial charge on any atom is -0.496 e. The molecule has 0 fully saturated rings. The van der Waals surface area contributed by atoms with Gasteiger partial charge in [0.15, 0.2) is 0 Å². The molecule has 0 saturated heterocycles. The van der Waals surface area contributed by atoms with Gasteiger partial charge in [-0.3, -0.25) is 0 Å². The van der Waals surface area contributed by atoms with E-state index in [2.05, 4.69) is 6.07 Å². The van der Waals surface area contributed by atoms with E-state index in [-0.39, 0.29) is 17.0 Å². The standard InChI is InChI=1S/C19H18N2O4/c1-9-7-15-17(19(22)24-9)16(13(8-20)18(21)25-15)12-5-6-14(23-4)11(3)10(12)2/h5-7,16H,21H2,1-4H3/t16-/m0/s1. The first kappa shape index (κ1) is 16.7. The van der Waals surface area contributed by atoms with E-state index in [1.54, 1.807) is 20.1 Å². The van der Waals surface area contributed by atoms with Crippen LogP contribution in [-0.2, 0) is 0 Å². The van der Waals surface area contributed by atoms with E-state index in [4.69, 9.17) is 19.6 Å². The van der Waals surface area contributed by atoms with E-state index < -0.39 is 11.5 Å². The van der Waals surface area contributed by atoms with Crippen molar-refractivity contribution in [1.82, 2.24) is 0 Å². The van der Waals surface area contributed by atoms with Gasteiger partial charge in [-0.15, -0.1) is 0 Å². The third-order valence-electron chi connectivity index (χ3n) is 4.57. The van der Waals surface area contributed by atoms with Gasteiger partial charge >= 0.3 is 5.63 Å². The summed E-state index contributed by atoms with van der Waals surface area (Å²) in [5.41, 5.74) is 8.53. The fraction of sp³-hybridized carbons (Fsp3) is 0.263. The van der Waals surface area contributed by atoms with Crippen molar-refractivity contribution in [2.75, 3.05) is 7.11 Å². The van der Waals surface area contributed by atoms with Crippen molar-refractivity contribution in [1.29, 1.82) is 5.26 Å². The summed E-state index contributed by atoms with van der Waals surface area (Å²) < 4.78 is 16.1. The molecule has 0 spiro atoms. The van der Waals surface area contributed by atoms with Crippen LogP contribution < -0.4 is 20.8 Å². The molecule has 2 heterocycles. The van der Waals surface area contributed by atoms with Crippen LogP contribution in [0.5, 0.6) is 11.5 Å². The van der Waals surface area contributed by atoms with E-state index >= 15 is 0 Å². The van der Waals surface area contributed by atoms with Crippen LogP contribution in [0.4, 0.5) is 0 Å². The summed E-state index contributed by atoms with van der Waals surface area (Å²) in [7, 11) is 1.60. The lowest BCUT2D eigenvalue weighted by Crippen LogP contribution is -2.26. The molecule has 1 atom stereocenters. The lowest BCUT2D eigenvalue weighted by molar-refractivity contribution is 0.371. The highest BCUT2D eigenvalue weighted by Gasteiger charge is 2.35. The zero-order valence-corrected chi connectivity index (χ0v) is 14.5. The molecule has 6 heteroatoms. The Morgan fingerprint density at radius 3 is 2.60 bits per heavy atom. The quantitative estimate of drug-likeness (QED) is 0.904. The second kappa shape index (κ2) is 6.02. The van der Waals surface area contributed by atoms with Gasteiger partial charge in [0.2, 0.25) is 5.88 Å². The molecular weight excluding hydrogens is 320 g/mol. The molecule has 1 aromatic heterocycles. The van der Waals surface area contributed by atoms with E-state index in [9.17, 15) is 10.1 Å². The van der Waals surface area contributed by atoms with Crippen molar-refractivity contribution in [2.45, 2.75) is 26.7 Å². The minimum atomic E-state index is -0.643. The maximum absolute atomic E-state index is 12.5. The molecule has 1 aliphatic rings. The van der Waals surface area contributed by atoms with Crippen LogP contribution in [0.1, 0.15) is 33.9 Å². The SMILES string of the molecule is COc1ccc([C@H]2C(C#N)=C(N)Oc3cc(C)oc(=O)c32)c(C)c1C. The zero-order valence-electron chi connectivity index (χ0n) is 14.5. The molecule has 25 heavy (non-hydrogen) atoms. The van der Waals surface area contributed by atoms with Crippen molar-refractivity contribution >= 4 is 0 Å². The molecule has 128 valence electrons. The summed E-state index contributed by atoms with van der Waals surface area (Å²) >= 11 is 0. The number of nitriles is 1. The number of hydrogen-bond donors (Lipinski definition) is 1. The third-order valence-corrected chi connectivity index (χ3v) is 4.57. The van der Waals surface area contributed by atoms with Crippen LogP contribution in [0.3, 0.4) is 0 Å². The van der Waals surface area contributed by atoms with Gasteiger partial charge in [-0.25, -0.2) is 4.79 Å². The number of ether oxygens (including phenoxy) is 2. The Balaban J connectivity index is 2.34. The number of benzene rings is 1. The molecule has 0 bridgehead atoms. The van der Waals surface area contributed by atoms with E-state index in [1.165, 1.54) is 0 Å². The van der Waals surface area contributed by atoms with E-state index in [0.29, 0.717) is 11.5 Å². The Kier molecular flexibility index (Phi) is 4.01. The van der Waals surface area contributed by atoms with Crippen molar-refractivity contribution < 1.29 is 13.9 Å². The summed E-state index contributed by atoms with van der Waals surface area (Å²) in [6, 6.07) is 7.34. The van der Waals surface area contributed by atoms with Gasteiger partial charge in [0.05, 0.1) is 18.6 Å². The Morgan fingerprint density at radius 2 is 1.96 bits per heavy atom. The molecule has 0 aliphatic carbocycles. The van der Waals surface area contributed by atoms with Gasteiger partial charge in [0.25, 0.3) is 0 Å². The number of allylic oxidation sites excluding steroid dienone is 1. The Hall–Kier alpha value is -3.20. The molecule has 2 aromatic rings. The highest BCUT2D eigenvalue weighted by Crippen LogP contribution is 2.42. The molecule has 0 saturated carbocycles. The fourth-order valence-corrected chi connectivity index (χ4v) is 3.18. The lowest BCUT2D eigenvalue weighted by Gasteiger charge is -2.27. The smallest absolute Gasteiger partial charge is 0.343 e. The predicted octanol–water partition coefficient (Wildman–Crippen LogP) is 2.79. The largest absolute Gasteiger partial charge is 0.496 e. The molecule has 2 N–H and O–H groups in total. The predicted molar refractivity (Wildman–Crippen MR) is 91.5 cm³/mol. The molecule has 3 rings (SSSR count). The van der Waals surface area contributed by atoms with Gasteiger partial charge in [-0.2, -0.15) is 5.26 Å². The molecule has 6 nitrogen and oxygen atoms in total.